The molecule has 0 aliphatic rings. The Kier molecular flexibility index (Phi) is 3.96. The van der Waals surface area contributed by atoms with Crippen LogP contribution in [0.3, 0.4) is 0 Å². The number of rotatable bonds is 5. The summed E-state index contributed by atoms with van der Waals surface area (Å²) in [5.41, 5.74) is 12.4. The number of nitrogens with zero attached hydrogens (tertiary/aromatic N) is 3. The second-order valence-electron chi connectivity index (χ2n) is 3.98. The minimum atomic E-state index is -0.547. The molecule has 2 aromatic heterocycles. The predicted octanol–water partition coefficient (Wildman–Crippen LogP) is 1.25. The highest BCUT2D eigenvalue weighted by Gasteiger charge is 2.21. The third kappa shape index (κ3) is 2.82. The van der Waals surface area contributed by atoms with Gasteiger partial charge in [0, 0.05) is 25.5 Å². The second-order valence-corrected chi connectivity index (χ2v) is 4.73. The molecule has 0 spiro atoms. The highest BCUT2D eigenvalue weighted by atomic mass is 32.1. The van der Waals surface area contributed by atoms with Crippen molar-refractivity contribution in [3.8, 4) is 0 Å². The zero-order valence-electron chi connectivity index (χ0n) is 10.5. The molecule has 2 aromatic rings. The van der Waals surface area contributed by atoms with Gasteiger partial charge in [-0.2, -0.15) is 4.37 Å². The SMILES string of the molecule is CCN(Cc1ccncc1)c1snc(N)c1C(N)=O. The van der Waals surface area contributed by atoms with Gasteiger partial charge in [-0.1, -0.05) is 0 Å². The highest BCUT2D eigenvalue weighted by molar-refractivity contribution is 7.11. The van der Waals surface area contributed by atoms with Crippen LogP contribution in [0.2, 0.25) is 0 Å². The molecule has 0 saturated heterocycles. The maximum atomic E-state index is 11.4. The summed E-state index contributed by atoms with van der Waals surface area (Å²) < 4.78 is 4.01. The fraction of sp³-hybridized carbons (Fsp3) is 0.250. The third-order valence-corrected chi connectivity index (χ3v) is 3.66. The van der Waals surface area contributed by atoms with Gasteiger partial charge in [0.15, 0.2) is 5.82 Å². The topological polar surface area (TPSA) is 98.1 Å². The highest BCUT2D eigenvalue weighted by Crippen LogP contribution is 2.31. The lowest BCUT2D eigenvalue weighted by Gasteiger charge is -2.21. The Morgan fingerprint density at radius 1 is 1.42 bits per heavy atom. The maximum absolute atomic E-state index is 11.4. The van der Waals surface area contributed by atoms with E-state index in [0.717, 1.165) is 12.1 Å². The van der Waals surface area contributed by atoms with Gasteiger partial charge >= 0.3 is 0 Å². The van der Waals surface area contributed by atoms with E-state index in [-0.39, 0.29) is 5.82 Å². The molecule has 100 valence electrons. The first-order valence-electron chi connectivity index (χ1n) is 5.82. The Hall–Kier alpha value is -2.15. The van der Waals surface area contributed by atoms with E-state index in [2.05, 4.69) is 9.36 Å². The van der Waals surface area contributed by atoms with Crippen LogP contribution in [-0.2, 0) is 6.54 Å². The largest absolute Gasteiger partial charge is 0.382 e. The maximum Gasteiger partial charge on any atom is 0.255 e. The first kappa shape index (κ1) is 13.3. The fourth-order valence-corrected chi connectivity index (χ4v) is 2.66. The molecular weight excluding hydrogens is 262 g/mol. The zero-order valence-corrected chi connectivity index (χ0v) is 11.4. The molecule has 0 atom stereocenters. The molecule has 0 aliphatic carbocycles. The molecule has 0 fully saturated rings. The van der Waals surface area contributed by atoms with E-state index >= 15 is 0 Å². The summed E-state index contributed by atoms with van der Waals surface area (Å²) in [6, 6.07) is 3.86. The van der Waals surface area contributed by atoms with Crippen LogP contribution in [-0.4, -0.2) is 21.8 Å². The van der Waals surface area contributed by atoms with Crippen molar-refractivity contribution in [3.63, 3.8) is 0 Å². The number of hydrogen-bond donors (Lipinski definition) is 2. The number of hydrogen-bond acceptors (Lipinski definition) is 6. The minimum absolute atomic E-state index is 0.195. The molecule has 7 heteroatoms. The van der Waals surface area contributed by atoms with Gasteiger partial charge in [0.25, 0.3) is 5.91 Å². The number of nitrogen functional groups attached to an aromatic ring is 1. The first-order valence-corrected chi connectivity index (χ1v) is 6.59. The number of anilines is 2. The van der Waals surface area contributed by atoms with E-state index in [9.17, 15) is 4.79 Å². The molecule has 2 rings (SSSR count). The van der Waals surface area contributed by atoms with Crippen molar-refractivity contribution >= 4 is 28.3 Å². The van der Waals surface area contributed by atoms with Crippen molar-refractivity contribution in [2.75, 3.05) is 17.2 Å². The van der Waals surface area contributed by atoms with Crippen molar-refractivity contribution in [1.82, 2.24) is 9.36 Å². The Morgan fingerprint density at radius 2 is 2.11 bits per heavy atom. The van der Waals surface area contributed by atoms with Crippen LogP contribution in [0.4, 0.5) is 10.8 Å². The molecule has 19 heavy (non-hydrogen) atoms. The molecule has 0 aliphatic heterocycles. The summed E-state index contributed by atoms with van der Waals surface area (Å²) in [6.07, 6.45) is 3.47. The number of pyridine rings is 1. The van der Waals surface area contributed by atoms with Gasteiger partial charge in [-0.15, -0.1) is 0 Å². The zero-order chi connectivity index (χ0) is 13.8. The van der Waals surface area contributed by atoms with E-state index in [1.807, 2.05) is 24.0 Å². The number of carbonyl (C=O) groups is 1. The van der Waals surface area contributed by atoms with E-state index in [4.69, 9.17) is 11.5 Å². The molecule has 0 aromatic carbocycles. The van der Waals surface area contributed by atoms with Gasteiger partial charge < -0.3 is 16.4 Å². The summed E-state index contributed by atoms with van der Waals surface area (Å²) in [7, 11) is 0. The van der Waals surface area contributed by atoms with Gasteiger partial charge in [0.1, 0.15) is 10.6 Å². The van der Waals surface area contributed by atoms with Gasteiger partial charge in [0.05, 0.1) is 0 Å². The van der Waals surface area contributed by atoms with Crippen LogP contribution in [0, 0.1) is 0 Å². The van der Waals surface area contributed by atoms with Crippen molar-refractivity contribution < 1.29 is 4.79 Å². The number of primary amides is 1. The van der Waals surface area contributed by atoms with Gasteiger partial charge in [-0.05, 0) is 36.2 Å². The summed E-state index contributed by atoms with van der Waals surface area (Å²) in [5, 5.41) is 0.712. The van der Waals surface area contributed by atoms with Crippen molar-refractivity contribution in [2.45, 2.75) is 13.5 Å². The first-order chi connectivity index (χ1) is 9.13. The summed E-state index contributed by atoms with van der Waals surface area (Å²) >= 11 is 1.19. The summed E-state index contributed by atoms with van der Waals surface area (Å²) in [6.45, 7) is 3.38. The van der Waals surface area contributed by atoms with Crippen LogP contribution < -0.4 is 16.4 Å². The molecule has 1 amide bonds. The Balaban J connectivity index is 2.30. The minimum Gasteiger partial charge on any atom is -0.382 e. The van der Waals surface area contributed by atoms with Gasteiger partial charge in [0.2, 0.25) is 0 Å². The predicted molar refractivity (Wildman–Crippen MR) is 76.0 cm³/mol. The number of nitrogens with two attached hydrogens (primary N) is 2. The molecule has 0 saturated carbocycles. The molecule has 4 N–H and O–H groups in total. The van der Waals surface area contributed by atoms with E-state index in [0.29, 0.717) is 17.1 Å². The lowest BCUT2D eigenvalue weighted by Crippen LogP contribution is -2.24. The number of amides is 1. The lowest BCUT2D eigenvalue weighted by molar-refractivity contribution is 0.100. The monoisotopic (exact) mass is 277 g/mol. The molecule has 0 radical (unpaired) electrons. The van der Waals surface area contributed by atoms with E-state index in [1.165, 1.54) is 11.5 Å². The standard InChI is InChI=1S/C12H15N5OS/c1-2-17(7-8-3-5-15-6-4-8)12-9(11(14)18)10(13)16-19-12/h3-6H,2,7H2,1H3,(H2,13,16)(H2,14,18). The molecule has 0 bridgehead atoms. The Labute approximate surface area is 115 Å². The summed E-state index contributed by atoms with van der Waals surface area (Å²) in [5.74, 6) is -0.352. The Bertz CT molecular complexity index is 569. The number of carbonyl (C=O) groups excluding carboxylic acids is 1. The van der Waals surface area contributed by atoms with Crippen molar-refractivity contribution in [1.29, 1.82) is 0 Å². The van der Waals surface area contributed by atoms with Crippen LogP contribution >= 0.6 is 11.5 Å². The van der Waals surface area contributed by atoms with Crippen molar-refractivity contribution in [3.05, 3.63) is 35.7 Å². The van der Waals surface area contributed by atoms with E-state index in [1.54, 1.807) is 12.4 Å². The quantitative estimate of drug-likeness (QED) is 0.857. The third-order valence-electron chi connectivity index (χ3n) is 2.74. The molecule has 2 heterocycles. The molecular formula is C12H15N5OS. The number of aromatic nitrogens is 2. The average molecular weight is 277 g/mol. The molecule has 0 unspecified atom stereocenters. The second kappa shape index (κ2) is 5.66. The fourth-order valence-electron chi connectivity index (χ4n) is 1.78. The Morgan fingerprint density at radius 3 is 2.68 bits per heavy atom. The lowest BCUT2D eigenvalue weighted by atomic mass is 10.2. The summed E-state index contributed by atoms with van der Waals surface area (Å²) in [4.78, 5) is 17.4. The van der Waals surface area contributed by atoms with Gasteiger partial charge in [-0.25, -0.2) is 0 Å². The normalized spacial score (nSPS) is 10.4. The van der Waals surface area contributed by atoms with E-state index < -0.39 is 5.91 Å². The van der Waals surface area contributed by atoms with Crippen LogP contribution in [0.25, 0.3) is 0 Å². The van der Waals surface area contributed by atoms with Crippen LogP contribution in [0.1, 0.15) is 22.8 Å². The smallest absolute Gasteiger partial charge is 0.255 e. The van der Waals surface area contributed by atoms with Gasteiger partial charge in [-0.3, -0.25) is 9.78 Å². The van der Waals surface area contributed by atoms with Crippen molar-refractivity contribution in [2.24, 2.45) is 5.73 Å². The molecule has 6 nitrogen and oxygen atoms in total. The van der Waals surface area contributed by atoms with Crippen LogP contribution in [0.5, 0.6) is 0 Å². The van der Waals surface area contributed by atoms with Crippen LogP contribution in [0.15, 0.2) is 24.5 Å². The average Bonchev–Trinajstić information content (AvgIpc) is 2.79.